The Labute approximate surface area is 87.3 Å². The van der Waals surface area contributed by atoms with Gasteiger partial charge in [0, 0.05) is 6.04 Å². The lowest BCUT2D eigenvalue weighted by atomic mass is 9.88. The van der Waals surface area contributed by atoms with Crippen LogP contribution in [0.5, 0.6) is 0 Å². The Morgan fingerprint density at radius 3 is 1.71 bits per heavy atom. The van der Waals surface area contributed by atoms with Crippen molar-refractivity contribution in [3.05, 3.63) is 0 Å². The van der Waals surface area contributed by atoms with E-state index in [0.29, 0.717) is 11.8 Å². The molecule has 0 aliphatic rings. The molecule has 0 saturated heterocycles. The molecule has 5 heteroatoms. The predicted molar refractivity (Wildman–Crippen MR) is 61.8 cm³/mol. The lowest BCUT2D eigenvalue weighted by Crippen LogP contribution is -2.41. The molecular weight excluding hydrogens is 197 g/mol. The molecule has 0 saturated carbocycles. The van der Waals surface area contributed by atoms with Gasteiger partial charge in [0.15, 0.2) is 0 Å². The van der Waals surface area contributed by atoms with E-state index >= 15 is 0 Å². The van der Waals surface area contributed by atoms with E-state index in [1.807, 2.05) is 0 Å². The summed E-state index contributed by atoms with van der Waals surface area (Å²) in [6.07, 6.45) is 2.06. The van der Waals surface area contributed by atoms with E-state index in [1.54, 1.807) is 0 Å². The second-order valence-electron chi connectivity index (χ2n) is 4.14. The molecule has 0 bridgehead atoms. The predicted octanol–water partition coefficient (Wildman–Crippen LogP) is 2.06. The molecular formula is C9H24N3OP. The molecule has 0 heterocycles. The minimum atomic E-state index is -3.11. The van der Waals surface area contributed by atoms with Crippen molar-refractivity contribution in [1.82, 2.24) is 5.09 Å². The Morgan fingerprint density at radius 2 is 1.50 bits per heavy atom. The molecule has 0 aromatic rings. The van der Waals surface area contributed by atoms with Crippen LogP contribution >= 0.6 is 7.59 Å². The molecule has 14 heavy (non-hydrogen) atoms. The average molecular weight is 221 g/mol. The summed E-state index contributed by atoms with van der Waals surface area (Å²) in [7, 11) is -3.11. The van der Waals surface area contributed by atoms with Crippen LogP contribution in [0.15, 0.2) is 0 Å². The quantitative estimate of drug-likeness (QED) is 0.600. The Kier molecular flexibility index (Phi) is 5.91. The van der Waals surface area contributed by atoms with Gasteiger partial charge in [0.25, 0.3) is 7.59 Å². The zero-order valence-electron chi connectivity index (χ0n) is 9.66. The minimum absolute atomic E-state index is 0.144. The summed E-state index contributed by atoms with van der Waals surface area (Å²) in [4.78, 5) is 0. The monoisotopic (exact) mass is 221 g/mol. The summed E-state index contributed by atoms with van der Waals surface area (Å²) in [6, 6.07) is 0.144. The smallest absolute Gasteiger partial charge is 0.271 e. The SMILES string of the molecule is CCC(C)C(NP(N)(N)=O)C(C)CC. The van der Waals surface area contributed by atoms with Crippen LogP contribution in [0.2, 0.25) is 0 Å². The zero-order valence-corrected chi connectivity index (χ0v) is 10.6. The van der Waals surface area contributed by atoms with Crippen molar-refractivity contribution in [3.8, 4) is 0 Å². The number of nitrogens with one attached hydrogen (secondary N) is 1. The van der Waals surface area contributed by atoms with Gasteiger partial charge in [-0.3, -0.25) is 15.6 Å². The van der Waals surface area contributed by atoms with Crippen LogP contribution in [0.1, 0.15) is 40.5 Å². The molecule has 4 nitrogen and oxygen atoms in total. The second-order valence-corrected chi connectivity index (χ2v) is 5.81. The maximum Gasteiger partial charge on any atom is 0.274 e. The highest BCUT2D eigenvalue weighted by molar-refractivity contribution is 7.56. The van der Waals surface area contributed by atoms with Crippen molar-refractivity contribution in [2.45, 2.75) is 46.6 Å². The summed E-state index contributed by atoms with van der Waals surface area (Å²) in [5.74, 6) is 0.871. The lowest BCUT2D eigenvalue weighted by molar-refractivity contribution is 0.305. The molecule has 0 aromatic carbocycles. The summed E-state index contributed by atoms with van der Waals surface area (Å²) in [5, 5.41) is 2.87. The molecule has 86 valence electrons. The molecule has 0 radical (unpaired) electrons. The van der Waals surface area contributed by atoms with Crippen molar-refractivity contribution in [2.24, 2.45) is 22.8 Å². The second kappa shape index (κ2) is 5.86. The molecule has 0 aliphatic heterocycles. The minimum Gasteiger partial charge on any atom is -0.271 e. The van der Waals surface area contributed by atoms with E-state index in [0.717, 1.165) is 12.8 Å². The van der Waals surface area contributed by atoms with Crippen LogP contribution in [0, 0.1) is 11.8 Å². The summed E-state index contributed by atoms with van der Waals surface area (Å²) in [6.45, 7) is 8.47. The van der Waals surface area contributed by atoms with E-state index in [1.165, 1.54) is 0 Å². The fourth-order valence-electron chi connectivity index (χ4n) is 1.56. The van der Waals surface area contributed by atoms with E-state index in [9.17, 15) is 4.57 Å². The molecule has 0 spiro atoms. The van der Waals surface area contributed by atoms with Gasteiger partial charge in [-0.05, 0) is 11.8 Å². The van der Waals surface area contributed by atoms with E-state index in [4.69, 9.17) is 11.0 Å². The summed E-state index contributed by atoms with van der Waals surface area (Å²) >= 11 is 0. The zero-order chi connectivity index (χ0) is 11.4. The van der Waals surface area contributed by atoms with E-state index in [-0.39, 0.29) is 6.04 Å². The van der Waals surface area contributed by atoms with Gasteiger partial charge in [-0.2, -0.15) is 0 Å². The van der Waals surface area contributed by atoms with Crippen LogP contribution in [-0.4, -0.2) is 6.04 Å². The highest BCUT2D eigenvalue weighted by atomic mass is 31.2. The fourth-order valence-corrected chi connectivity index (χ4v) is 2.53. The highest BCUT2D eigenvalue weighted by Crippen LogP contribution is 2.27. The molecule has 0 rings (SSSR count). The van der Waals surface area contributed by atoms with Crippen LogP contribution in [0.3, 0.4) is 0 Å². The van der Waals surface area contributed by atoms with Gasteiger partial charge in [-0.25, -0.2) is 5.09 Å². The highest BCUT2D eigenvalue weighted by Gasteiger charge is 2.25. The third-order valence-corrected chi connectivity index (χ3v) is 3.57. The molecule has 2 atom stereocenters. The average Bonchev–Trinajstić information content (AvgIpc) is 2.10. The molecule has 0 fully saturated rings. The van der Waals surface area contributed by atoms with Gasteiger partial charge < -0.3 is 0 Å². The lowest BCUT2D eigenvalue weighted by Gasteiger charge is -2.30. The van der Waals surface area contributed by atoms with Crippen LogP contribution < -0.4 is 16.1 Å². The molecule has 0 aliphatic carbocycles. The Hall–Kier alpha value is 0.110. The van der Waals surface area contributed by atoms with Gasteiger partial charge in [0.2, 0.25) is 0 Å². The van der Waals surface area contributed by atoms with Gasteiger partial charge >= 0.3 is 0 Å². The van der Waals surface area contributed by atoms with Crippen molar-refractivity contribution >= 4 is 7.59 Å². The Morgan fingerprint density at radius 1 is 1.14 bits per heavy atom. The third kappa shape index (κ3) is 5.11. The first-order valence-electron chi connectivity index (χ1n) is 5.26. The van der Waals surface area contributed by atoms with Gasteiger partial charge in [0.1, 0.15) is 0 Å². The third-order valence-electron chi connectivity index (χ3n) is 2.86. The number of nitrogens with two attached hydrogens (primary N) is 2. The van der Waals surface area contributed by atoms with Crippen molar-refractivity contribution in [1.29, 1.82) is 0 Å². The van der Waals surface area contributed by atoms with Crippen molar-refractivity contribution in [3.63, 3.8) is 0 Å². The largest absolute Gasteiger partial charge is 0.274 e. The van der Waals surface area contributed by atoms with E-state index in [2.05, 4.69) is 32.8 Å². The normalized spacial score (nSPS) is 19.0. The van der Waals surface area contributed by atoms with E-state index < -0.39 is 7.59 Å². The molecule has 2 unspecified atom stereocenters. The number of hydrogen-bond acceptors (Lipinski definition) is 1. The topological polar surface area (TPSA) is 81.1 Å². The Bertz CT molecular complexity index is 194. The van der Waals surface area contributed by atoms with Crippen LogP contribution in [0.4, 0.5) is 0 Å². The van der Waals surface area contributed by atoms with Crippen LogP contribution in [0.25, 0.3) is 0 Å². The number of hydrogen-bond donors (Lipinski definition) is 3. The molecule has 0 amide bonds. The summed E-state index contributed by atoms with van der Waals surface area (Å²) in [5.41, 5.74) is 10.7. The molecule has 5 N–H and O–H groups in total. The van der Waals surface area contributed by atoms with Gasteiger partial charge in [-0.1, -0.05) is 40.5 Å². The maximum absolute atomic E-state index is 11.3. The first-order valence-corrected chi connectivity index (χ1v) is 7.11. The van der Waals surface area contributed by atoms with Crippen molar-refractivity contribution in [2.75, 3.05) is 0 Å². The number of rotatable bonds is 6. The van der Waals surface area contributed by atoms with Crippen LogP contribution in [-0.2, 0) is 4.57 Å². The first-order chi connectivity index (χ1) is 6.31. The fraction of sp³-hybridized carbons (Fsp3) is 1.00. The van der Waals surface area contributed by atoms with Gasteiger partial charge in [0.05, 0.1) is 0 Å². The summed E-state index contributed by atoms with van der Waals surface area (Å²) < 4.78 is 11.3. The standard InChI is InChI=1S/C9H24N3OP/c1-5-7(3)9(8(4)6-2)12-14(10,11)13/h7-9H,5-6H2,1-4H3,(H5,10,11,12,13). The first kappa shape index (κ1) is 14.1. The van der Waals surface area contributed by atoms with Gasteiger partial charge in [-0.15, -0.1) is 0 Å². The Balaban J connectivity index is 4.48. The maximum atomic E-state index is 11.3. The van der Waals surface area contributed by atoms with Crippen molar-refractivity contribution < 1.29 is 4.57 Å². The molecule has 0 aromatic heterocycles.